The standard InChI is InChI=1S/C18H17N5O2S2/c1-13-12-27-18(24)22(13)7-9-26-17-21-20-16(14-4-2-6-19-10-14)23(17)11-15-5-3-8-25-15/h2-6,8,10,12H,7,9,11H2,1H3. The Balaban J connectivity index is 1.58. The largest absolute Gasteiger partial charge is 0.467 e. The third-order valence-corrected chi connectivity index (χ3v) is 5.88. The Hall–Kier alpha value is -2.65. The zero-order valence-corrected chi connectivity index (χ0v) is 16.2. The highest BCUT2D eigenvalue weighted by atomic mass is 32.2. The third kappa shape index (κ3) is 3.88. The lowest BCUT2D eigenvalue weighted by Crippen LogP contribution is -2.16. The van der Waals surface area contributed by atoms with Gasteiger partial charge < -0.3 is 8.98 Å². The summed E-state index contributed by atoms with van der Waals surface area (Å²) >= 11 is 2.80. The molecule has 4 heterocycles. The molecule has 0 atom stereocenters. The van der Waals surface area contributed by atoms with Gasteiger partial charge in [-0.2, -0.15) is 0 Å². The second-order valence-electron chi connectivity index (χ2n) is 5.86. The van der Waals surface area contributed by atoms with Crippen LogP contribution in [0.2, 0.25) is 0 Å². The zero-order valence-electron chi connectivity index (χ0n) is 14.6. The Labute approximate surface area is 163 Å². The van der Waals surface area contributed by atoms with E-state index in [4.69, 9.17) is 4.42 Å². The van der Waals surface area contributed by atoms with Crippen LogP contribution in [0.4, 0.5) is 0 Å². The summed E-state index contributed by atoms with van der Waals surface area (Å²) in [6.45, 7) is 3.11. The van der Waals surface area contributed by atoms with Gasteiger partial charge in [-0.15, -0.1) is 10.2 Å². The fourth-order valence-corrected chi connectivity index (χ4v) is 4.33. The molecular weight excluding hydrogens is 382 g/mol. The molecule has 0 N–H and O–H groups in total. The number of thioether (sulfide) groups is 1. The van der Waals surface area contributed by atoms with Crippen LogP contribution in [-0.4, -0.2) is 30.1 Å². The van der Waals surface area contributed by atoms with E-state index in [1.54, 1.807) is 35.0 Å². The van der Waals surface area contributed by atoms with Crippen molar-refractivity contribution in [2.45, 2.75) is 25.2 Å². The van der Waals surface area contributed by atoms with E-state index in [1.165, 1.54) is 11.3 Å². The van der Waals surface area contributed by atoms with Crippen molar-refractivity contribution >= 4 is 23.1 Å². The topological polar surface area (TPSA) is 78.7 Å². The van der Waals surface area contributed by atoms with E-state index < -0.39 is 0 Å². The molecule has 4 aromatic rings. The summed E-state index contributed by atoms with van der Waals surface area (Å²) in [5.74, 6) is 2.29. The minimum absolute atomic E-state index is 0.0706. The molecule has 0 saturated carbocycles. The van der Waals surface area contributed by atoms with Crippen molar-refractivity contribution in [3.05, 3.63) is 69.4 Å². The second-order valence-corrected chi connectivity index (χ2v) is 7.74. The SMILES string of the molecule is Cc1csc(=O)n1CCSc1nnc(-c2cccnc2)n1Cc1ccco1. The molecular formula is C18H17N5O2S2. The van der Waals surface area contributed by atoms with Gasteiger partial charge in [0.2, 0.25) is 0 Å². The molecule has 9 heteroatoms. The molecule has 0 spiro atoms. The number of aryl methyl sites for hydroxylation is 1. The average Bonchev–Trinajstić information content (AvgIpc) is 3.41. The van der Waals surface area contributed by atoms with E-state index in [-0.39, 0.29) is 4.87 Å². The minimum Gasteiger partial charge on any atom is -0.467 e. The molecule has 4 rings (SSSR count). The average molecular weight is 400 g/mol. The first-order chi connectivity index (χ1) is 13.2. The predicted molar refractivity (Wildman–Crippen MR) is 105 cm³/mol. The first-order valence-electron chi connectivity index (χ1n) is 8.36. The molecule has 138 valence electrons. The van der Waals surface area contributed by atoms with E-state index >= 15 is 0 Å². The van der Waals surface area contributed by atoms with Crippen molar-refractivity contribution < 1.29 is 4.42 Å². The number of nitrogens with zero attached hydrogens (tertiary/aromatic N) is 5. The second kappa shape index (κ2) is 7.93. The van der Waals surface area contributed by atoms with E-state index in [1.807, 2.05) is 41.1 Å². The highest BCUT2D eigenvalue weighted by Crippen LogP contribution is 2.25. The lowest BCUT2D eigenvalue weighted by atomic mass is 10.2. The lowest BCUT2D eigenvalue weighted by molar-refractivity contribution is 0.485. The van der Waals surface area contributed by atoms with Crippen LogP contribution in [0.3, 0.4) is 0 Å². The van der Waals surface area contributed by atoms with Gasteiger partial charge in [-0.3, -0.25) is 14.3 Å². The number of aromatic nitrogens is 5. The molecule has 0 unspecified atom stereocenters. The van der Waals surface area contributed by atoms with Crippen molar-refractivity contribution in [2.24, 2.45) is 0 Å². The molecule has 4 aromatic heterocycles. The van der Waals surface area contributed by atoms with Gasteiger partial charge in [0.05, 0.1) is 12.8 Å². The fourth-order valence-electron chi connectivity index (χ4n) is 2.71. The van der Waals surface area contributed by atoms with E-state index in [2.05, 4.69) is 15.2 Å². The number of hydrogen-bond acceptors (Lipinski definition) is 7. The summed E-state index contributed by atoms with van der Waals surface area (Å²) in [5, 5.41) is 11.4. The monoisotopic (exact) mass is 399 g/mol. The lowest BCUT2D eigenvalue weighted by Gasteiger charge is -2.09. The highest BCUT2D eigenvalue weighted by Gasteiger charge is 2.16. The minimum atomic E-state index is 0.0706. The molecule has 0 aliphatic heterocycles. The summed E-state index contributed by atoms with van der Waals surface area (Å²) in [5.41, 5.74) is 1.88. The zero-order chi connectivity index (χ0) is 18.6. The number of rotatable bonds is 7. The molecule has 0 radical (unpaired) electrons. The van der Waals surface area contributed by atoms with Gasteiger partial charge in [0.15, 0.2) is 11.0 Å². The molecule has 0 aliphatic carbocycles. The van der Waals surface area contributed by atoms with Gasteiger partial charge in [0.1, 0.15) is 5.76 Å². The van der Waals surface area contributed by atoms with Crippen LogP contribution in [0.5, 0.6) is 0 Å². The van der Waals surface area contributed by atoms with E-state index in [0.717, 1.165) is 33.8 Å². The van der Waals surface area contributed by atoms with Crippen LogP contribution in [-0.2, 0) is 13.1 Å². The van der Waals surface area contributed by atoms with Gasteiger partial charge in [0, 0.05) is 41.3 Å². The molecule has 7 nitrogen and oxygen atoms in total. The van der Waals surface area contributed by atoms with Gasteiger partial charge in [-0.25, -0.2) is 0 Å². The van der Waals surface area contributed by atoms with Gasteiger partial charge >= 0.3 is 4.87 Å². The Kier molecular flexibility index (Phi) is 5.21. The number of hydrogen-bond donors (Lipinski definition) is 0. The van der Waals surface area contributed by atoms with Crippen LogP contribution >= 0.6 is 23.1 Å². The van der Waals surface area contributed by atoms with Gasteiger partial charge in [-0.05, 0) is 31.2 Å². The quantitative estimate of drug-likeness (QED) is 0.444. The maximum Gasteiger partial charge on any atom is 0.307 e. The van der Waals surface area contributed by atoms with Crippen LogP contribution in [0, 0.1) is 6.92 Å². The normalized spacial score (nSPS) is 11.1. The maximum atomic E-state index is 11.9. The van der Waals surface area contributed by atoms with Crippen molar-refractivity contribution in [3.63, 3.8) is 0 Å². The Bertz CT molecular complexity index is 1070. The summed E-state index contributed by atoms with van der Waals surface area (Å²) in [6, 6.07) is 7.62. The molecule has 0 bridgehead atoms. The summed E-state index contributed by atoms with van der Waals surface area (Å²) in [6.07, 6.45) is 5.15. The van der Waals surface area contributed by atoms with Gasteiger partial charge in [-0.1, -0.05) is 23.1 Å². The van der Waals surface area contributed by atoms with Crippen molar-refractivity contribution in [1.82, 2.24) is 24.3 Å². The van der Waals surface area contributed by atoms with Crippen LogP contribution in [0.1, 0.15) is 11.5 Å². The Morgan fingerprint density at radius 2 is 2.15 bits per heavy atom. The van der Waals surface area contributed by atoms with E-state index in [9.17, 15) is 4.79 Å². The number of thiazole rings is 1. The first kappa shape index (κ1) is 17.7. The van der Waals surface area contributed by atoms with Crippen molar-refractivity contribution in [3.8, 4) is 11.4 Å². The third-order valence-electron chi connectivity index (χ3n) is 4.05. The fraction of sp³-hybridized carbons (Fsp3) is 0.222. The smallest absolute Gasteiger partial charge is 0.307 e. The first-order valence-corrected chi connectivity index (χ1v) is 10.2. The van der Waals surface area contributed by atoms with Crippen LogP contribution in [0.25, 0.3) is 11.4 Å². The molecule has 0 aromatic carbocycles. The molecule has 0 fully saturated rings. The van der Waals surface area contributed by atoms with Crippen LogP contribution < -0.4 is 4.87 Å². The van der Waals surface area contributed by atoms with Crippen molar-refractivity contribution in [2.75, 3.05) is 5.75 Å². The van der Waals surface area contributed by atoms with Crippen molar-refractivity contribution in [1.29, 1.82) is 0 Å². The molecule has 27 heavy (non-hydrogen) atoms. The summed E-state index contributed by atoms with van der Waals surface area (Å²) in [4.78, 5) is 16.1. The van der Waals surface area contributed by atoms with E-state index in [0.29, 0.717) is 13.1 Å². The van der Waals surface area contributed by atoms with Crippen LogP contribution in [0.15, 0.2) is 62.7 Å². The Morgan fingerprint density at radius 1 is 1.22 bits per heavy atom. The molecule has 0 saturated heterocycles. The molecule has 0 aliphatic rings. The molecule has 0 amide bonds. The highest BCUT2D eigenvalue weighted by molar-refractivity contribution is 7.99. The summed E-state index contributed by atoms with van der Waals surface area (Å²) < 4.78 is 9.30. The number of pyridine rings is 1. The number of furan rings is 1. The summed E-state index contributed by atoms with van der Waals surface area (Å²) in [7, 11) is 0. The van der Waals surface area contributed by atoms with Gasteiger partial charge in [0.25, 0.3) is 0 Å². The Morgan fingerprint density at radius 3 is 2.85 bits per heavy atom. The maximum absolute atomic E-state index is 11.9. The predicted octanol–water partition coefficient (Wildman–Crippen LogP) is 3.31.